The zero-order chi connectivity index (χ0) is 15.9. The molecular weight excluding hydrogens is 322 g/mol. The molecule has 0 spiro atoms. The molecule has 0 aliphatic rings. The van der Waals surface area contributed by atoms with Crippen molar-refractivity contribution in [1.82, 2.24) is 0 Å². The van der Waals surface area contributed by atoms with Gasteiger partial charge in [0.25, 0.3) is 5.91 Å². The van der Waals surface area contributed by atoms with Crippen LogP contribution >= 0.6 is 23.4 Å². The number of hydrogen-bond donors (Lipinski definition) is 1. The lowest BCUT2D eigenvalue weighted by atomic mass is 10.2. The fourth-order valence-electron chi connectivity index (χ4n) is 1.73. The number of ether oxygens (including phenoxy) is 1. The molecule has 0 aromatic heterocycles. The highest BCUT2D eigenvalue weighted by molar-refractivity contribution is 7.98. The van der Waals surface area contributed by atoms with Crippen LogP contribution < -0.4 is 5.32 Å². The molecule has 0 aliphatic heterocycles. The van der Waals surface area contributed by atoms with Crippen molar-refractivity contribution in [3.05, 3.63) is 59.1 Å². The Kier molecular flexibility index (Phi) is 5.86. The van der Waals surface area contributed by atoms with Gasteiger partial charge in [0.2, 0.25) is 0 Å². The number of carbonyl (C=O) groups is 2. The van der Waals surface area contributed by atoms with Crippen LogP contribution in [0.15, 0.2) is 53.4 Å². The second-order valence-corrected chi connectivity index (χ2v) is 5.68. The summed E-state index contributed by atoms with van der Waals surface area (Å²) in [5, 5.41) is 3.12. The van der Waals surface area contributed by atoms with Crippen LogP contribution in [0.3, 0.4) is 0 Å². The summed E-state index contributed by atoms with van der Waals surface area (Å²) >= 11 is 7.38. The van der Waals surface area contributed by atoms with Crippen LogP contribution in [-0.2, 0) is 9.53 Å². The van der Waals surface area contributed by atoms with Gasteiger partial charge in [0.05, 0.1) is 5.56 Å². The molecule has 6 heteroatoms. The molecule has 22 heavy (non-hydrogen) atoms. The quantitative estimate of drug-likeness (QED) is 0.666. The Bertz CT molecular complexity index is 691. The van der Waals surface area contributed by atoms with Crippen LogP contribution in [0.4, 0.5) is 5.69 Å². The standard InChI is InChI=1S/C16H14ClNO3S/c1-22-14-7-3-6-13(9-14)18-15(19)10-21-16(20)11-4-2-5-12(17)8-11/h2-9H,10H2,1H3,(H,18,19). The zero-order valence-electron chi connectivity index (χ0n) is 11.8. The molecule has 0 heterocycles. The van der Waals surface area contributed by atoms with Crippen LogP contribution in [0.2, 0.25) is 5.02 Å². The molecule has 4 nitrogen and oxygen atoms in total. The minimum atomic E-state index is -0.587. The van der Waals surface area contributed by atoms with E-state index in [0.29, 0.717) is 16.3 Å². The van der Waals surface area contributed by atoms with E-state index in [1.165, 1.54) is 6.07 Å². The van der Waals surface area contributed by atoms with Crippen molar-refractivity contribution < 1.29 is 14.3 Å². The Morgan fingerprint density at radius 1 is 1.18 bits per heavy atom. The predicted octanol–water partition coefficient (Wildman–Crippen LogP) is 3.86. The molecule has 2 rings (SSSR count). The molecule has 0 aliphatic carbocycles. The number of thioether (sulfide) groups is 1. The number of amides is 1. The molecule has 2 aromatic carbocycles. The molecule has 2 aromatic rings. The Morgan fingerprint density at radius 2 is 1.95 bits per heavy atom. The summed E-state index contributed by atoms with van der Waals surface area (Å²) in [6.07, 6.45) is 1.95. The number of esters is 1. The first kappa shape index (κ1) is 16.4. The van der Waals surface area contributed by atoms with Gasteiger partial charge in [-0.2, -0.15) is 0 Å². The maximum absolute atomic E-state index is 11.8. The molecule has 0 fully saturated rings. The summed E-state index contributed by atoms with van der Waals surface area (Å²) in [4.78, 5) is 24.6. The van der Waals surface area contributed by atoms with Crippen LogP contribution in [-0.4, -0.2) is 24.7 Å². The van der Waals surface area contributed by atoms with Gasteiger partial charge in [0.15, 0.2) is 6.61 Å². The van der Waals surface area contributed by atoms with Gasteiger partial charge in [0.1, 0.15) is 0 Å². The van der Waals surface area contributed by atoms with Crippen molar-refractivity contribution in [2.75, 3.05) is 18.2 Å². The highest BCUT2D eigenvalue weighted by Crippen LogP contribution is 2.18. The molecule has 0 radical (unpaired) electrons. The van der Waals surface area contributed by atoms with Crippen LogP contribution in [0.1, 0.15) is 10.4 Å². The van der Waals surface area contributed by atoms with Gasteiger partial charge in [0, 0.05) is 15.6 Å². The van der Waals surface area contributed by atoms with E-state index in [1.54, 1.807) is 36.0 Å². The van der Waals surface area contributed by atoms with Gasteiger partial charge in [-0.1, -0.05) is 23.7 Å². The lowest BCUT2D eigenvalue weighted by molar-refractivity contribution is -0.119. The van der Waals surface area contributed by atoms with Gasteiger partial charge >= 0.3 is 5.97 Å². The molecular formula is C16H14ClNO3S. The fourth-order valence-corrected chi connectivity index (χ4v) is 2.38. The third-order valence-electron chi connectivity index (χ3n) is 2.75. The number of benzene rings is 2. The first-order valence-corrected chi connectivity index (χ1v) is 8.05. The number of carbonyl (C=O) groups excluding carboxylic acids is 2. The van der Waals surface area contributed by atoms with Gasteiger partial charge in [-0.3, -0.25) is 4.79 Å². The minimum absolute atomic E-state index is 0.310. The van der Waals surface area contributed by atoms with Crippen molar-refractivity contribution in [2.45, 2.75) is 4.90 Å². The summed E-state index contributed by atoms with van der Waals surface area (Å²) in [5.41, 5.74) is 0.973. The van der Waals surface area contributed by atoms with Gasteiger partial charge in [-0.15, -0.1) is 11.8 Å². The van der Waals surface area contributed by atoms with Crippen molar-refractivity contribution >= 4 is 40.9 Å². The molecule has 1 amide bonds. The summed E-state index contributed by atoms with van der Waals surface area (Å²) in [6, 6.07) is 13.8. The number of anilines is 1. The number of hydrogen-bond acceptors (Lipinski definition) is 4. The maximum atomic E-state index is 11.8. The van der Waals surface area contributed by atoms with Gasteiger partial charge in [-0.05, 0) is 42.7 Å². The Balaban J connectivity index is 1.88. The smallest absolute Gasteiger partial charge is 0.338 e. The Morgan fingerprint density at radius 3 is 2.68 bits per heavy atom. The highest BCUT2D eigenvalue weighted by atomic mass is 35.5. The minimum Gasteiger partial charge on any atom is -0.452 e. The van der Waals surface area contributed by atoms with Crippen LogP contribution in [0.25, 0.3) is 0 Å². The normalized spacial score (nSPS) is 10.1. The fraction of sp³-hybridized carbons (Fsp3) is 0.125. The van der Waals surface area contributed by atoms with E-state index in [1.807, 2.05) is 24.5 Å². The van der Waals surface area contributed by atoms with Crippen molar-refractivity contribution in [1.29, 1.82) is 0 Å². The van der Waals surface area contributed by atoms with E-state index in [4.69, 9.17) is 16.3 Å². The molecule has 0 bridgehead atoms. The largest absolute Gasteiger partial charge is 0.452 e. The molecule has 0 saturated carbocycles. The average Bonchev–Trinajstić information content (AvgIpc) is 2.52. The number of nitrogens with one attached hydrogen (secondary N) is 1. The van der Waals surface area contributed by atoms with E-state index in [2.05, 4.69) is 5.32 Å². The van der Waals surface area contributed by atoms with Crippen molar-refractivity contribution in [3.63, 3.8) is 0 Å². The molecule has 114 valence electrons. The highest BCUT2D eigenvalue weighted by Gasteiger charge is 2.10. The predicted molar refractivity (Wildman–Crippen MR) is 88.6 cm³/mol. The third kappa shape index (κ3) is 4.79. The maximum Gasteiger partial charge on any atom is 0.338 e. The van der Waals surface area contributed by atoms with E-state index >= 15 is 0 Å². The molecule has 1 N–H and O–H groups in total. The number of rotatable bonds is 5. The monoisotopic (exact) mass is 335 g/mol. The lowest BCUT2D eigenvalue weighted by Crippen LogP contribution is -2.20. The van der Waals surface area contributed by atoms with E-state index < -0.39 is 11.9 Å². The first-order chi connectivity index (χ1) is 10.6. The van der Waals surface area contributed by atoms with Gasteiger partial charge in [-0.25, -0.2) is 4.79 Å². The molecule has 0 unspecified atom stereocenters. The van der Waals surface area contributed by atoms with E-state index in [9.17, 15) is 9.59 Å². The molecule has 0 atom stereocenters. The number of halogens is 1. The summed E-state index contributed by atoms with van der Waals surface area (Å²) < 4.78 is 4.96. The lowest BCUT2D eigenvalue weighted by Gasteiger charge is -2.07. The summed E-state index contributed by atoms with van der Waals surface area (Å²) in [5.74, 6) is -0.982. The second kappa shape index (κ2) is 7.87. The average molecular weight is 336 g/mol. The second-order valence-electron chi connectivity index (χ2n) is 4.37. The van der Waals surface area contributed by atoms with E-state index in [0.717, 1.165) is 4.90 Å². The van der Waals surface area contributed by atoms with E-state index in [-0.39, 0.29) is 6.61 Å². The van der Waals surface area contributed by atoms with Crippen LogP contribution in [0.5, 0.6) is 0 Å². The SMILES string of the molecule is CSc1cccc(NC(=O)COC(=O)c2cccc(Cl)c2)c1. The first-order valence-electron chi connectivity index (χ1n) is 6.45. The zero-order valence-corrected chi connectivity index (χ0v) is 13.4. The van der Waals surface area contributed by atoms with Crippen molar-refractivity contribution in [2.24, 2.45) is 0 Å². The van der Waals surface area contributed by atoms with Gasteiger partial charge < -0.3 is 10.1 Å². The Hall–Kier alpha value is -1.98. The third-order valence-corrected chi connectivity index (χ3v) is 3.71. The summed E-state index contributed by atoms with van der Waals surface area (Å²) in [6.45, 7) is -0.352. The summed E-state index contributed by atoms with van der Waals surface area (Å²) in [7, 11) is 0. The van der Waals surface area contributed by atoms with Crippen molar-refractivity contribution in [3.8, 4) is 0 Å². The molecule has 0 saturated heterocycles. The van der Waals surface area contributed by atoms with Crippen LogP contribution in [0, 0.1) is 0 Å². The topological polar surface area (TPSA) is 55.4 Å². The Labute approximate surface area is 137 Å².